The van der Waals surface area contributed by atoms with Crippen molar-refractivity contribution in [3.63, 3.8) is 0 Å². The van der Waals surface area contributed by atoms with Crippen molar-refractivity contribution in [2.75, 3.05) is 5.50 Å². The van der Waals surface area contributed by atoms with E-state index in [1.165, 1.54) is 0 Å². The summed E-state index contributed by atoms with van der Waals surface area (Å²) in [7, 11) is -0.866. The van der Waals surface area contributed by atoms with Gasteiger partial charge in [-0.15, -0.1) is 11.6 Å². The zero-order valence-corrected chi connectivity index (χ0v) is 14.0. The van der Waals surface area contributed by atoms with Crippen molar-refractivity contribution in [2.24, 2.45) is 11.7 Å². The number of carbonyl (C=O) groups is 1. The Morgan fingerprint density at radius 3 is 1.72 bits per heavy atom. The standard InChI is InChI=1S/C7H4Cl2O.C4H11ClSi.H4N2/c8-6-3-1-5(2-4-6)7(9)10;1-6(2,3)4-5;1-2/h1-4H;4H2,1-3H3;1-2H2. The Bertz CT molecular complexity index is 339. The first-order chi connectivity index (χ1) is 8.26. The zero-order valence-electron chi connectivity index (χ0n) is 10.7. The normalized spacial score (nSPS) is 9.56. The van der Waals surface area contributed by atoms with Crippen LogP contribution in [-0.4, -0.2) is 18.8 Å². The number of carbonyl (C=O) groups excluding carboxylic acids is 1. The van der Waals surface area contributed by atoms with Crippen LogP contribution in [0, 0.1) is 0 Å². The molecule has 1 aromatic rings. The van der Waals surface area contributed by atoms with E-state index in [0.29, 0.717) is 10.6 Å². The number of benzene rings is 1. The molecule has 1 rings (SSSR count). The van der Waals surface area contributed by atoms with Gasteiger partial charge in [-0.05, 0) is 35.9 Å². The number of rotatable bonds is 2. The minimum atomic E-state index is -0.866. The molecular formula is C11H19Cl3N2OSi. The summed E-state index contributed by atoms with van der Waals surface area (Å²) in [6, 6.07) is 6.41. The maximum absolute atomic E-state index is 10.5. The van der Waals surface area contributed by atoms with Crippen LogP contribution in [0.5, 0.6) is 0 Å². The fourth-order valence-corrected chi connectivity index (χ4v) is 0.833. The zero-order chi connectivity index (χ0) is 14.8. The largest absolute Gasteiger partial charge is 0.276 e. The Kier molecular flexibility index (Phi) is 12.1. The SMILES string of the molecule is C[Si](C)(C)CCl.NN.O=C(Cl)c1ccc(Cl)cc1. The van der Waals surface area contributed by atoms with Crippen LogP contribution in [0.1, 0.15) is 10.4 Å². The minimum Gasteiger partial charge on any atom is -0.276 e. The predicted molar refractivity (Wildman–Crippen MR) is 84.1 cm³/mol. The predicted octanol–water partition coefficient (Wildman–Crippen LogP) is 3.64. The third kappa shape index (κ3) is 12.4. The molecule has 0 aliphatic rings. The number of nitrogens with two attached hydrogens (primary N) is 2. The average Bonchev–Trinajstić information content (AvgIpc) is 2.32. The van der Waals surface area contributed by atoms with E-state index in [4.69, 9.17) is 34.8 Å². The van der Waals surface area contributed by atoms with Crippen molar-refractivity contribution in [1.29, 1.82) is 0 Å². The van der Waals surface area contributed by atoms with E-state index in [1.807, 2.05) is 0 Å². The van der Waals surface area contributed by atoms with Crippen molar-refractivity contribution in [3.8, 4) is 0 Å². The third-order valence-corrected chi connectivity index (χ3v) is 5.15. The highest BCUT2D eigenvalue weighted by Crippen LogP contribution is 2.10. The second-order valence-corrected chi connectivity index (χ2v) is 11.4. The van der Waals surface area contributed by atoms with Crippen LogP contribution in [0.4, 0.5) is 0 Å². The molecule has 0 radical (unpaired) electrons. The first-order valence-electron chi connectivity index (χ1n) is 5.11. The van der Waals surface area contributed by atoms with Gasteiger partial charge in [-0.1, -0.05) is 31.2 Å². The first-order valence-corrected chi connectivity index (χ1v) is 10.1. The molecular weight excluding hydrogens is 311 g/mol. The fraction of sp³-hybridized carbons (Fsp3) is 0.364. The average molecular weight is 330 g/mol. The lowest BCUT2D eigenvalue weighted by Gasteiger charge is -2.07. The summed E-state index contributed by atoms with van der Waals surface area (Å²) < 4.78 is 0. The van der Waals surface area contributed by atoms with Gasteiger partial charge in [-0.25, -0.2) is 0 Å². The van der Waals surface area contributed by atoms with E-state index in [0.717, 1.165) is 5.50 Å². The maximum atomic E-state index is 10.5. The molecule has 0 bridgehead atoms. The number of hydrogen-bond acceptors (Lipinski definition) is 3. The van der Waals surface area contributed by atoms with Gasteiger partial charge >= 0.3 is 0 Å². The van der Waals surface area contributed by atoms with Gasteiger partial charge in [0.05, 0.1) is 8.07 Å². The summed E-state index contributed by atoms with van der Waals surface area (Å²) in [5.41, 5.74) is 1.35. The van der Waals surface area contributed by atoms with Crippen LogP contribution in [0.15, 0.2) is 24.3 Å². The molecule has 104 valence electrons. The van der Waals surface area contributed by atoms with Crippen LogP contribution in [0.3, 0.4) is 0 Å². The summed E-state index contributed by atoms with van der Waals surface area (Å²) in [5.74, 6) is 8.00. The Labute approximate surface area is 124 Å². The summed E-state index contributed by atoms with van der Waals surface area (Å²) in [4.78, 5) is 10.5. The molecule has 0 heterocycles. The lowest BCUT2D eigenvalue weighted by Crippen LogP contribution is -2.21. The molecule has 4 N–H and O–H groups in total. The van der Waals surface area contributed by atoms with E-state index >= 15 is 0 Å². The van der Waals surface area contributed by atoms with Gasteiger partial charge in [0.1, 0.15) is 0 Å². The second-order valence-electron chi connectivity index (χ2n) is 4.47. The van der Waals surface area contributed by atoms with Crippen molar-refractivity contribution < 1.29 is 4.79 Å². The first kappa shape index (κ1) is 20.2. The van der Waals surface area contributed by atoms with Crippen LogP contribution in [0.2, 0.25) is 24.7 Å². The lowest BCUT2D eigenvalue weighted by molar-refractivity contribution is 0.108. The van der Waals surface area contributed by atoms with E-state index in [2.05, 4.69) is 31.3 Å². The van der Waals surface area contributed by atoms with Crippen LogP contribution < -0.4 is 11.7 Å². The van der Waals surface area contributed by atoms with E-state index in [1.54, 1.807) is 24.3 Å². The molecule has 0 fully saturated rings. The van der Waals surface area contributed by atoms with Crippen molar-refractivity contribution >= 4 is 48.1 Å². The monoisotopic (exact) mass is 328 g/mol. The van der Waals surface area contributed by atoms with Crippen LogP contribution >= 0.6 is 34.8 Å². The molecule has 0 saturated carbocycles. The summed E-state index contributed by atoms with van der Waals surface area (Å²) in [6.07, 6.45) is 0. The van der Waals surface area contributed by atoms with Crippen molar-refractivity contribution in [3.05, 3.63) is 34.9 Å². The quantitative estimate of drug-likeness (QED) is 0.286. The van der Waals surface area contributed by atoms with Gasteiger partial charge in [0.2, 0.25) is 0 Å². The minimum absolute atomic E-state index is 0.461. The molecule has 0 atom stereocenters. The molecule has 0 spiro atoms. The van der Waals surface area contributed by atoms with Gasteiger partial charge in [-0.2, -0.15) is 0 Å². The molecule has 0 aromatic heterocycles. The molecule has 0 saturated heterocycles. The summed E-state index contributed by atoms with van der Waals surface area (Å²) >= 11 is 16.3. The Hall–Kier alpha value is -0.103. The molecule has 0 unspecified atom stereocenters. The highest BCUT2D eigenvalue weighted by atomic mass is 35.5. The van der Waals surface area contributed by atoms with Gasteiger partial charge in [0, 0.05) is 16.1 Å². The highest BCUT2D eigenvalue weighted by molar-refractivity contribution is 6.81. The van der Waals surface area contributed by atoms with E-state index < -0.39 is 13.3 Å². The van der Waals surface area contributed by atoms with Crippen molar-refractivity contribution in [2.45, 2.75) is 19.6 Å². The number of alkyl halides is 1. The van der Waals surface area contributed by atoms with Crippen LogP contribution in [0.25, 0.3) is 0 Å². The van der Waals surface area contributed by atoms with Gasteiger partial charge in [-0.3, -0.25) is 16.5 Å². The number of halogens is 3. The molecule has 0 amide bonds. The highest BCUT2D eigenvalue weighted by Gasteiger charge is 2.08. The molecule has 1 aromatic carbocycles. The topological polar surface area (TPSA) is 69.1 Å². The molecule has 18 heavy (non-hydrogen) atoms. The summed E-state index contributed by atoms with van der Waals surface area (Å²) in [6.45, 7) is 6.75. The lowest BCUT2D eigenvalue weighted by atomic mass is 10.2. The Balaban J connectivity index is 0. The molecule has 0 aliphatic heterocycles. The smallest absolute Gasteiger partial charge is 0.252 e. The molecule has 7 heteroatoms. The summed E-state index contributed by atoms with van der Waals surface area (Å²) in [5, 5.41) is 0.137. The maximum Gasteiger partial charge on any atom is 0.252 e. The fourth-order valence-electron chi connectivity index (χ4n) is 0.581. The van der Waals surface area contributed by atoms with Crippen molar-refractivity contribution in [1.82, 2.24) is 0 Å². The molecule has 3 nitrogen and oxygen atoms in total. The van der Waals surface area contributed by atoms with Crippen LogP contribution in [-0.2, 0) is 0 Å². The van der Waals surface area contributed by atoms with E-state index in [9.17, 15) is 4.79 Å². The Morgan fingerprint density at radius 1 is 1.17 bits per heavy atom. The van der Waals surface area contributed by atoms with Gasteiger partial charge < -0.3 is 0 Å². The van der Waals surface area contributed by atoms with Gasteiger partial charge in [0.15, 0.2) is 0 Å². The Morgan fingerprint density at radius 2 is 1.50 bits per heavy atom. The molecule has 0 aliphatic carbocycles. The second kappa shape index (κ2) is 10.8. The number of hydrazine groups is 1. The van der Waals surface area contributed by atoms with Gasteiger partial charge in [0.25, 0.3) is 5.24 Å². The van der Waals surface area contributed by atoms with E-state index in [-0.39, 0.29) is 0 Å². The number of hydrogen-bond donors (Lipinski definition) is 2. The third-order valence-electron chi connectivity index (χ3n) is 1.47.